The van der Waals surface area contributed by atoms with E-state index < -0.39 is 0 Å². The van der Waals surface area contributed by atoms with Gasteiger partial charge in [0.05, 0.1) is 25.5 Å². The number of methoxy groups -OCH3 is 1. The molecule has 1 aromatic heterocycles. The van der Waals surface area contributed by atoms with Crippen molar-refractivity contribution in [3.05, 3.63) is 41.7 Å². The molecule has 7 heteroatoms. The SMILES string of the molecule is COc1ccc(C(=O)N[C@@H](c2cnn(C)c2)C2CC(O)C2)cc1O. The number of phenols is 1. The molecule has 3 N–H and O–H groups in total. The number of amides is 1. The largest absolute Gasteiger partial charge is 0.504 e. The van der Waals surface area contributed by atoms with E-state index in [-0.39, 0.29) is 29.7 Å². The molecule has 1 aromatic carbocycles. The minimum Gasteiger partial charge on any atom is -0.504 e. The molecular weight excluding hydrogens is 310 g/mol. The van der Waals surface area contributed by atoms with Crippen LogP contribution in [0.2, 0.25) is 0 Å². The summed E-state index contributed by atoms with van der Waals surface area (Å²) in [5, 5.41) is 26.6. The molecule has 0 radical (unpaired) electrons. The van der Waals surface area contributed by atoms with Crippen LogP contribution in [0.5, 0.6) is 11.5 Å². The van der Waals surface area contributed by atoms with Gasteiger partial charge in [0.2, 0.25) is 0 Å². The van der Waals surface area contributed by atoms with Crippen LogP contribution in [-0.4, -0.2) is 39.1 Å². The van der Waals surface area contributed by atoms with Gasteiger partial charge in [0.1, 0.15) is 0 Å². The number of aromatic hydroxyl groups is 1. The van der Waals surface area contributed by atoms with Gasteiger partial charge in [0.25, 0.3) is 5.91 Å². The van der Waals surface area contributed by atoms with Crippen LogP contribution >= 0.6 is 0 Å². The molecule has 3 rings (SSSR count). The zero-order valence-electron chi connectivity index (χ0n) is 13.6. The zero-order chi connectivity index (χ0) is 17.3. The number of aryl methyl sites for hydroxylation is 1. The van der Waals surface area contributed by atoms with E-state index in [1.165, 1.54) is 13.2 Å². The number of carbonyl (C=O) groups is 1. The van der Waals surface area contributed by atoms with Crippen LogP contribution in [0.1, 0.15) is 34.8 Å². The monoisotopic (exact) mass is 331 g/mol. The highest BCUT2D eigenvalue weighted by molar-refractivity contribution is 5.95. The van der Waals surface area contributed by atoms with Crippen molar-refractivity contribution in [3.8, 4) is 11.5 Å². The lowest BCUT2D eigenvalue weighted by atomic mass is 9.75. The predicted molar refractivity (Wildman–Crippen MR) is 86.8 cm³/mol. The summed E-state index contributed by atoms with van der Waals surface area (Å²) in [7, 11) is 3.27. The molecule has 24 heavy (non-hydrogen) atoms. The highest BCUT2D eigenvalue weighted by atomic mass is 16.5. The fourth-order valence-corrected chi connectivity index (χ4v) is 3.03. The first-order valence-corrected chi connectivity index (χ1v) is 7.82. The number of hydrogen-bond donors (Lipinski definition) is 3. The maximum Gasteiger partial charge on any atom is 0.251 e. The summed E-state index contributed by atoms with van der Waals surface area (Å²) in [4.78, 5) is 12.6. The van der Waals surface area contributed by atoms with Crippen LogP contribution in [0.4, 0.5) is 0 Å². The van der Waals surface area contributed by atoms with Crippen molar-refractivity contribution in [2.45, 2.75) is 25.0 Å². The Hall–Kier alpha value is -2.54. The Labute approximate surface area is 139 Å². The fourth-order valence-electron chi connectivity index (χ4n) is 3.03. The van der Waals surface area contributed by atoms with Crippen LogP contribution in [0.3, 0.4) is 0 Å². The third-order valence-electron chi connectivity index (χ3n) is 4.43. The normalized spacial score (nSPS) is 21.0. The standard InChI is InChI=1S/C17H21N3O4/c1-20-9-12(8-18-20)16(11-5-13(21)6-11)19-17(23)10-3-4-15(24-2)14(22)7-10/h3-4,7-9,11,13,16,21-22H,5-6H2,1-2H3,(H,19,23)/t11?,13?,16-/m1/s1. The summed E-state index contributed by atoms with van der Waals surface area (Å²) < 4.78 is 6.67. The summed E-state index contributed by atoms with van der Waals surface area (Å²) in [6.07, 6.45) is 4.57. The number of phenolic OH excluding ortho intramolecular Hbond substituents is 1. The van der Waals surface area contributed by atoms with E-state index in [1.807, 2.05) is 13.2 Å². The topological polar surface area (TPSA) is 96.6 Å². The molecule has 7 nitrogen and oxygen atoms in total. The van der Waals surface area contributed by atoms with Gasteiger partial charge < -0.3 is 20.3 Å². The first-order chi connectivity index (χ1) is 11.5. The third-order valence-corrected chi connectivity index (χ3v) is 4.43. The maximum absolute atomic E-state index is 12.6. The molecule has 0 saturated heterocycles. The number of aliphatic hydroxyl groups excluding tert-OH is 1. The first-order valence-electron chi connectivity index (χ1n) is 7.82. The summed E-state index contributed by atoms with van der Waals surface area (Å²) in [6.45, 7) is 0. The Morgan fingerprint density at radius 1 is 1.46 bits per heavy atom. The lowest BCUT2D eigenvalue weighted by Gasteiger charge is -2.37. The molecule has 128 valence electrons. The molecule has 0 aliphatic heterocycles. The number of nitrogens with one attached hydrogen (secondary N) is 1. The van der Waals surface area contributed by atoms with Gasteiger partial charge in [0, 0.05) is 24.4 Å². The zero-order valence-corrected chi connectivity index (χ0v) is 13.6. The number of rotatable bonds is 5. The molecule has 1 atom stereocenters. The lowest BCUT2D eigenvalue weighted by Crippen LogP contribution is -2.41. The number of benzene rings is 1. The van der Waals surface area contributed by atoms with Crippen molar-refractivity contribution in [2.24, 2.45) is 13.0 Å². The van der Waals surface area contributed by atoms with Gasteiger partial charge in [-0.1, -0.05) is 0 Å². The fraction of sp³-hybridized carbons (Fsp3) is 0.412. The van der Waals surface area contributed by atoms with Crippen molar-refractivity contribution in [1.82, 2.24) is 15.1 Å². The van der Waals surface area contributed by atoms with Crippen molar-refractivity contribution in [3.63, 3.8) is 0 Å². The van der Waals surface area contributed by atoms with Gasteiger partial charge in [0.15, 0.2) is 11.5 Å². The molecule has 1 fully saturated rings. The van der Waals surface area contributed by atoms with E-state index in [0.29, 0.717) is 24.2 Å². The first kappa shape index (κ1) is 16.3. The van der Waals surface area contributed by atoms with Gasteiger partial charge in [-0.3, -0.25) is 9.48 Å². The summed E-state index contributed by atoms with van der Waals surface area (Å²) in [5.74, 6) is 0.114. The highest BCUT2D eigenvalue weighted by Crippen LogP contribution is 2.38. The van der Waals surface area contributed by atoms with Crippen LogP contribution in [0, 0.1) is 5.92 Å². The van der Waals surface area contributed by atoms with E-state index in [2.05, 4.69) is 10.4 Å². The van der Waals surface area contributed by atoms with Gasteiger partial charge in [-0.05, 0) is 37.0 Å². The average Bonchev–Trinajstić information content (AvgIpc) is 2.96. The second kappa shape index (κ2) is 6.52. The van der Waals surface area contributed by atoms with Crippen LogP contribution in [0.25, 0.3) is 0 Å². The quantitative estimate of drug-likeness (QED) is 0.769. The highest BCUT2D eigenvalue weighted by Gasteiger charge is 2.36. The Balaban J connectivity index is 1.79. The van der Waals surface area contributed by atoms with Gasteiger partial charge >= 0.3 is 0 Å². The minimum absolute atomic E-state index is 0.0813. The minimum atomic E-state index is -0.309. The molecule has 1 aliphatic carbocycles. The van der Waals surface area contributed by atoms with E-state index in [1.54, 1.807) is 23.0 Å². The Morgan fingerprint density at radius 3 is 2.75 bits per heavy atom. The number of hydrogen-bond acceptors (Lipinski definition) is 5. The van der Waals surface area contributed by atoms with Gasteiger partial charge in [-0.15, -0.1) is 0 Å². The smallest absolute Gasteiger partial charge is 0.251 e. The number of nitrogens with zero attached hydrogens (tertiary/aromatic N) is 2. The number of aromatic nitrogens is 2. The van der Waals surface area contributed by atoms with Crippen molar-refractivity contribution in [2.75, 3.05) is 7.11 Å². The molecule has 1 aliphatic rings. The van der Waals surface area contributed by atoms with E-state index in [9.17, 15) is 15.0 Å². The van der Waals surface area contributed by atoms with Crippen LogP contribution in [0.15, 0.2) is 30.6 Å². The molecule has 0 unspecified atom stereocenters. The van der Waals surface area contributed by atoms with E-state index >= 15 is 0 Å². The molecule has 1 heterocycles. The number of carbonyl (C=O) groups excluding carboxylic acids is 1. The molecule has 1 saturated carbocycles. The van der Waals surface area contributed by atoms with Gasteiger partial charge in [-0.25, -0.2) is 0 Å². The summed E-state index contributed by atoms with van der Waals surface area (Å²) in [5.41, 5.74) is 1.25. The lowest BCUT2D eigenvalue weighted by molar-refractivity contribution is 0.0235. The van der Waals surface area contributed by atoms with Crippen LogP contribution in [-0.2, 0) is 7.05 Å². The predicted octanol–water partition coefficient (Wildman–Crippen LogP) is 1.38. The molecule has 1 amide bonds. The molecule has 2 aromatic rings. The third kappa shape index (κ3) is 3.21. The Kier molecular flexibility index (Phi) is 4.44. The van der Waals surface area contributed by atoms with Crippen LogP contribution < -0.4 is 10.1 Å². The second-order valence-electron chi connectivity index (χ2n) is 6.17. The number of ether oxygens (including phenoxy) is 1. The van der Waals surface area contributed by atoms with E-state index in [4.69, 9.17) is 4.74 Å². The van der Waals surface area contributed by atoms with E-state index in [0.717, 1.165) is 5.56 Å². The Bertz CT molecular complexity index is 737. The average molecular weight is 331 g/mol. The Morgan fingerprint density at radius 2 is 2.21 bits per heavy atom. The summed E-state index contributed by atoms with van der Waals surface area (Å²) in [6, 6.07) is 4.31. The summed E-state index contributed by atoms with van der Waals surface area (Å²) >= 11 is 0. The second-order valence-corrected chi connectivity index (χ2v) is 6.17. The van der Waals surface area contributed by atoms with Crippen molar-refractivity contribution >= 4 is 5.91 Å². The maximum atomic E-state index is 12.6. The van der Waals surface area contributed by atoms with Crippen molar-refractivity contribution in [1.29, 1.82) is 0 Å². The molecular formula is C17H21N3O4. The molecule has 0 spiro atoms. The van der Waals surface area contributed by atoms with Crippen molar-refractivity contribution < 1.29 is 19.7 Å². The van der Waals surface area contributed by atoms with Gasteiger partial charge in [-0.2, -0.15) is 5.10 Å². The number of aliphatic hydroxyl groups is 1. The molecule has 0 bridgehead atoms.